The van der Waals surface area contributed by atoms with Gasteiger partial charge in [0, 0.05) is 11.5 Å². The Labute approximate surface area is 97.2 Å². The van der Waals surface area contributed by atoms with Gasteiger partial charge < -0.3 is 5.32 Å². The Balaban J connectivity index is 1.52. The van der Waals surface area contributed by atoms with Crippen LogP contribution in [0.25, 0.3) is 0 Å². The molecular formula is C15H19N. The summed E-state index contributed by atoms with van der Waals surface area (Å²) >= 11 is 0. The second-order valence-corrected chi connectivity index (χ2v) is 5.92. The van der Waals surface area contributed by atoms with Crippen LogP contribution in [-0.2, 0) is 11.8 Å². The first-order chi connectivity index (χ1) is 7.88. The van der Waals surface area contributed by atoms with Gasteiger partial charge in [0.25, 0.3) is 0 Å². The maximum Gasteiger partial charge on any atom is 0.0174 e. The summed E-state index contributed by atoms with van der Waals surface area (Å²) < 4.78 is 0. The molecule has 0 saturated heterocycles. The van der Waals surface area contributed by atoms with Crippen LogP contribution < -0.4 is 5.32 Å². The van der Waals surface area contributed by atoms with Gasteiger partial charge >= 0.3 is 0 Å². The molecule has 1 aromatic rings. The van der Waals surface area contributed by atoms with E-state index in [9.17, 15) is 0 Å². The summed E-state index contributed by atoms with van der Waals surface area (Å²) in [6, 6.07) is 9.87. The second kappa shape index (κ2) is 3.10. The van der Waals surface area contributed by atoms with Crippen LogP contribution in [0.1, 0.15) is 36.8 Å². The van der Waals surface area contributed by atoms with Crippen LogP contribution in [0.2, 0.25) is 0 Å². The van der Waals surface area contributed by atoms with Crippen LogP contribution in [0.3, 0.4) is 0 Å². The topological polar surface area (TPSA) is 12.0 Å². The third kappa shape index (κ3) is 1.27. The van der Waals surface area contributed by atoms with Crippen molar-refractivity contribution >= 4 is 0 Å². The zero-order chi connectivity index (χ0) is 10.6. The summed E-state index contributed by atoms with van der Waals surface area (Å²) in [4.78, 5) is 0. The first-order valence-electron chi connectivity index (χ1n) is 6.70. The Morgan fingerprint density at radius 1 is 1.25 bits per heavy atom. The van der Waals surface area contributed by atoms with Gasteiger partial charge in [-0.2, -0.15) is 0 Å². The van der Waals surface area contributed by atoms with Crippen molar-refractivity contribution in [1.29, 1.82) is 0 Å². The van der Waals surface area contributed by atoms with E-state index in [1.54, 1.807) is 11.1 Å². The van der Waals surface area contributed by atoms with Crippen molar-refractivity contribution in [2.45, 2.75) is 43.6 Å². The molecule has 2 saturated carbocycles. The van der Waals surface area contributed by atoms with Gasteiger partial charge in [0.05, 0.1) is 0 Å². The van der Waals surface area contributed by atoms with E-state index in [4.69, 9.17) is 0 Å². The number of rotatable bonds is 3. The number of nitrogens with one attached hydrogen (secondary N) is 1. The van der Waals surface area contributed by atoms with E-state index in [2.05, 4.69) is 29.6 Å². The van der Waals surface area contributed by atoms with Gasteiger partial charge in [-0.15, -0.1) is 0 Å². The van der Waals surface area contributed by atoms with Gasteiger partial charge in [0.1, 0.15) is 0 Å². The summed E-state index contributed by atoms with van der Waals surface area (Å²) in [5.74, 6) is 1.01. The lowest BCUT2D eigenvalue weighted by atomic mass is 9.97. The Morgan fingerprint density at radius 3 is 3.00 bits per heavy atom. The van der Waals surface area contributed by atoms with E-state index in [0.29, 0.717) is 5.41 Å². The Hall–Kier alpha value is -0.820. The summed E-state index contributed by atoms with van der Waals surface area (Å²) in [6.45, 7) is 1.27. The highest BCUT2D eigenvalue weighted by Crippen LogP contribution is 2.56. The minimum absolute atomic E-state index is 0.547. The molecule has 4 rings (SSSR count). The fraction of sp³-hybridized carbons (Fsp3) is 0.600. The van der Waals surface area contributed by atoms with E-state index >= 15 is 0 Å². The summed E-state index contributed by atoms with van der Waals surface area (Å²) in [5.41, 5.74) is 3.81. The number of fused-ring (bicyclic) bond motifs is 2. The van der Waals surface area contributed by atoms with E-state index < -0.39 is 0 Å². The van der Waals surface area contributed by atoms with Crippen molar-refractivity contribution in [3.63, 3.8) is 0 Å². The molecule has 3 aliphatic carbocycles. The molecule has 0 aliphatic heterocycles. The SMILES string of the molecule is c1ccc2c(c1)CC[C@]21C[C@H]1NCC1CC1. The minimum Gasteiger partial charge on any atom is -0.313 e. The maximum absolute atomic E-state index is 3.79. The second-order valence-electron chi connectivity index (χ2n) is 5.92. The van der Waals surface area contributed by atoms with E-state index in [-0.39, 0.29) is 0 Å². The molecule has 16 heavy (non-hydrogen) atoms. The Morgan fingerprint density at radius 2 is 2.12 bits per heavy atom. The van der Waals surface area contributed by atoms with Crippen LogP contribution in [0, 0.1) is 5.92 Å². The molecule has 2 fully saturated rings. The Kier molecular flexibility index (Phi) is 1.79. The minimum atomic E-state index is 0.547. The van der Waals surface area contributed by atoms with Crippen molar-refractivity contribution in [2.75, 3.05) is 6.54 Å². The molecule has 0 radical (unpaired) electrons. The van der Waals surface area contributed by atoms with E-state index in [1.165, 1.54) is 38.6 Å². The molecule has 1 aromatic carbocycles. The first-order valence-corrected chi connectivity index (χ1v) is 6.70. The first kappa shape index (κ1) is 9.23. The van der Waals surface area contributed by atoms with Gasteiger partial charge in [-0.1, -0.05) is 24.3 Å². The van der Waals surface area contributed by atoms with Gasteiger partial charge in [-0.05, 0) is 55.7 Å². The summed E-state index contributed by atoms with van der Waals surface area (Å²) in [7, 11) is 0. The molecule has 0 bridgehead atoms. The number of hydrogen-bond acceptors (Lipinski definition) is 1. The zero-order valence-corrected chi connectivity index (χ0v) is 9.71. The van der Waals surface area contributed by atoms with Crippen molar-refractivity contribution in [3.05, 3.63) is 35.4 Å². The van der Waals surface area contributed by atoms with Crippen LogP contribution in [0.4, 0.5) is 0 Å². The maximum atomic E-state index is 3.79. The Bertz CT molecular complexity index is 421. The highest BCUT2D eigenvalue weighted by molar-refractivity contribution is 5.46. The molecule has 0 aromatic heterocycles. The molecule has 1 spiro atoms. The lowest BCUT2D eigenvalue weighted by Crippen LogP contribution is -2.26. The fourth-order valence-corrected chi connectivity index (χ4v) is 3.49. The molecule has 0 heterocycles. The predicted molar refractivity (Wildman–Crippen MR) is 65.6 cm³/mol. The van der Waals surface area contributed by atoms with Crippen molar-refractivity contribution < 1.29 is 0 Å². The summed E-state index contributed by atoms with van der Waals surface area (Å²) in [6.07, 6.45) is 7.00. The van der Waals surface area contributed by atoms with Crippen LogP contribution in [0.15, 0.2) is 24.3 Å². The third-order valence-corrected chi connectivity index (χ3v) is 4.82. The molecule has 84 valence electrons. The van der Waals surface area contributed by atoms with Gasteiger partial charge in [-0.3, -0.25) is 0 Å². The van der Waals surface area contributed by atoms with Crippen molar-refractivity contribution in [1.82, 2.24) is 5.32 Å². The standard InChI is InChI=1S/C15H19N/c1-2-4-13-12(3-1)7-8-15(13)9-14(15)16-10-11-5-6-11/h1-4,11,14,16H,5-10H2/t14-,15+/m1/s1. The molecule has 0 amide bonds. The quantitative estimate of drug-likeness (QED) is 0.814. The lowest BCUT2D eigenvalue weighted by Gasteiger charge is -2.12. The molecule has 1 nitrogen and oxygen atoms in total. The van der Waals surface area contributed by atoms with Crippen LogP contribution >= 0.6 is 0 Å². The largest absolute Gasteiger partial charge is 0.313 e. The van der Waals surface area contributed by atoms with Gasteiger partial charge in [0.15, 0.2) is 0 Å². The average Bonchev–Trinajstić information content (AvgIpc) is 3.18. The van der Waals surface area contributed by atoms with Gasteiger partial charge in [0.2, 0.25) is 0 Å². The van der Waals surface area contributed by atoms with Crippen LogP contribution in [-0.4, -0.2) is 12.6 Å². The predicted octanol–water partition coefficient (Wildman–Crippen LogP) is 2.64. The molecule has 1 N–H and O–H groups in total. The lowest BCUT2D eigenvalue weighted by molar-refractivity contribution is 0.554. The smallest absolute Gasteiger partial charge is 0.0174 e. The molecular weight excluding hydrogens is 194 g/mol. The molecule has 3 aliphatic rings. The van der Waals surface area contributed by atoms with Gasteiger partial charge in [-0.25, -0.2) is 0 Å². The highest BCUT2D eigenvalue weighted by atomic mass is 15.0. The third-order valence-electron chi connectivity index (χ3n) is 4.82. The fourth-order valence-electron chi connectivity index (χ4n) is 3.49. The highest BCUT2D eigenvalue weighted by Gasteiger charge is 2.57. The molecule has 0 unspecified atom stereocenters. The average molecular weight is 213 g/mol. The number of hydrogen-bond donors (Lipinski definition) is 1. The normalized spacial score (nSPS) is 35.4. The monoisotopic (exact) mass is 213 g/mol. The number of benzene rings is 1. The number of aryl methyl sites for hydroxylation is 1. The van der Waals surface area contributed by atoms with Crippen LogP contribution in [0.5, 0.6) is 0 Å². The molecule has 2 atom stereocenters. The van der Waals surface area contributed by atoms with E-state index in [0.717, 1.165) is 12.0 Å². The zero-order valence-electron chi connectivity index (χ0n) is 9.71. The summed E-state index contributed by atoms with van der Waals surface area (Å²) in [5, 5.41) is 3.79. The van der Waals surface area contributed by atoms with Crippen molar-refractivity contribution in [3.8, 4) is 0 Å². The van der Waals surface area contributed by atoms with E-state index in [1.807, 2.05) is 0 Å². The van der Waals surface area contributed by atoms with Crippen molar-refractivity contribution in [2.24, 2.45) is 5.92 Å². The molecule has 1 heteroatoms.